The zero-order chi connectivity index (χ0) is 14.0. The van der Waals surface area contributed by atoms with Gasteiger partial charge in [0.15, 0.2) is 9.84 Å². The molecule has 4 heteroatoms. The number of sulfone groups is 1. The number of halogens is 1. The summed E-state index contributed by atoms with van der Waals surface area (Å²) in [5.41, 5.74) is 2.65. The van der Waals surface area contributed by atoms with E-state index in [-0.39, 0.29) is 10.6 Å². The van der Waals surface area contributed by atoms with Crippen molar-refractivity contribution in [1.29, 1.82) is 0 Å². The van der Waals surface area contributed by atoms with Gasteiger partial charge in [0.2, 0.25) is 0 Å². The van der Waals surface area contributed by atoms with E-state index < -0.39 is 15.7 Å². The molecule has 0 radical (unpaired) electrons. The van der Waals surface area contributed by atoms with Gasteiger partial charge in [0.1, 0.15) is 5.82 Å². The molecule has 0 saturated carbocycles. The Morgan fingerprint density at radius 1 is 1.00 bits per heavy atom. The SMILES string of the molecule is Cc1cccc(C)c1CS(=O)(=O)c1cccc(F)c1. The second kappa shape index (κ2) is 5.13. The summed E-state index contributed by atoms with van der Waals surface area (Å²) in [5.74, 6) is -0.641. The molecule has 2 aromatic carbocycles. The fourth-order valence-electron chi connectivity index (χ4n) is 2.01. The van der Waals surface area contributed by atoms with Gasteiger partial charge in [-0.1, -0.05) is 24.3 Å². The minimum atomic E-state index is -3.52. The van der Waals surface area contributed by atoms with Crippen LogP contribution < -0.4 is 0 Å². The lowest BCUT2D eigenvalue weighted by atomic mass is 10.1. The Kier molecular flexibility index (Phi) is 3.71. The van der Waals surface area contributed by atoms with Gasteiger partial charge in [0.25, 0.3) is 0 Å². The Bertz CT molecular complexity index is 686. The van der Waals surface area contributed by atoms with Crippen molar-refractivity contribution >= 4 is 9.84 Å². The number of hydrogen-bond donors (Lipinski definition) is 0. The molecule has 0 bridgehead atoms. The van der Waals surface area contributed by atoms with Crippen LogP contribution in [0.15, 0.2) is 47.4 Å². The summed E-state index contributed by atoms with van der Waals surface area (Å²) in [6.45, 7) is 3.76. The summed E-state index contributed by atoms with van der Waals surface area (Å²) < 4.78 is 37.7. The van der Waals surface area contributed by atoms with Gasteiger partial charge < -0.3 is 0 Å². The highest BCUT2D eigenvalue weighted by Crippen LogP contribution is 2.21. The molecule has 2 rings (SSSR count). The molecule has 2 nitrogen and oxygen atoms in total. The van der Waals surface area contributed by atoms with Gasteiger partial charge in [-0.15, -0.1) is 0 Å². The second-order valence-corrected chi connectivity index (χ2v) is 6.58. The van der Waals surface area contributed by atoms with Crippen molar-refractivity contribution in [1.82, 2.24) is 0 Å². The summed E-state index contributed by atoms with van der Waals surface area (Å²) in [4.78, 5) is 0.0233. The van der Waals surface area contributed by atoms with Crippen molar-refractivity contribution in [2.75, 3.05) is 0 Å². The van der Waals surface area contributed by atoms with Gasteiger partial charge in [-0.2, -0.15) is 0 Å². The predicted octanol–water partition coefficient (Wildman–Crippen LogP) is 3.42. The monoisotopic (exact) mass is 278 g/mol. The Morgan fingerprint density at radius 3 is 2.16 bits per heavy atom. The molecule has 0 aliphatic heterocycles. The van der Waals surface area contributed by atoms with Crippen LogP contribution in [-0.2, 0) is 15.6 Å². The van der Waals surface area contributed by atoms with Crippen LogP contribution in [0.5, 0.6) is 0 Å². The normalized spacial score (nSPS) is 11.5. The number of aryl methyl sites for hydroxylation is 2. The number of benzene rings is 2. The van der Waals surface area contributed by atoms with Crippen LogP contribution in [0.4, 0.5) is 4.39 Å². The van der Waals surface area contributed by atoms with Gasteiger partial charge in [0, 0.05) is 0 Å². The van der Waals surface area contributed by atoms with E-state index in [2.05, 4.69) is 0 Å². The lowest BCUT2D eigenvalue weighted by Crippen LogP contribution is -2.07. The molecule has 0 atom stereocenters. The zero-order valence-corrected chi connectivity index (χ0v) is 11.7. The van der Waals surface area contributed by atoms with E-state index in [1.165, 1.54) is 18.2 Å². The molecular formula is C15H15FO2S. The zero-order valence-electron chi connectivity index (χ0n) is 10.9. The van der Waals surface area contributed by atoms with Gasteiger partial charge >= 0.3 is 0 Å². The smallest absolute Gasteiger partial charge is 0.182 e. The standard InChI is InChI=1S/C15H15FO2S/c1-11-5-3-6-12(2)15(11)10-19(17,18)14-8-4-7-13(16)9-14/h3-9H,10H2,1-2H3. The molecule has 0 heterocycles. The first kappa shape index (κ1) is 13.7. The second-order valence-electron chi connectivity index (χ2n) is 4.59. The molecule has 0 spiro atoms. The summed E-state index contributed by atoms with van der Waals surface area (Å²) in [6, 6.07) is 10.8. The van der Waals surface area contributed by atoms with Crippen molar-refractivity contribution in [3.8, 4) is 0 Å². The third-order valence-electron chi connectivity index (χ3n) is 3.13. The first-order chi connectivity index (χ1) is 8.90. The van der Waals surface area contributed by atoms with Gasteiger partial charge in [0.05, 0.1) is 10.6 Å². The summed E-state index contributed by atoms with van der Waals surface area (Å²) in [5, 5.41) is 0. The molecule has 0 saturated heterocycles. The van der Waals surface area contributed by atoms with Gasteiger partial charge in [-0.25, -0.2) is 12.8 Å². The molecule has 2 aromatic rings. The molecule has 0 aliphatic carbocycles. The minimum Gasteiger partial charge on any atom is -0.223 e. The highest BCUT2D eigenvalue weighted by Gasteiger charge is 2.18. The lowest BCUT2D eigenvalue weighted by molar-refractivity contribution is 0.590. The summed E-state index contributed by atoms with van der Waals surface area (Å²) in [6.07, 6.45) is 0. The van der Waals surface area contributed by atoms with Crippen molar-refractivity contribution in [2.24, 2.45) is 0 Å². The molecule has 0 amide bonds. The molecule has 0 aromatic heterocycles. The molecular weight excluding hydrogens is 263 g/mol. The van der Waals surface area contributed by atoms with Crippen LogP contribution in [-0.4, -0.2) is 8.42 Å². The molecule has 0 aliphatic rings. The van der Waals surface area contributed by atoms with Crippen molar-refractivity contribution in [2.45, 2.75) is 24.5 Å². The maximum Gasteiger partial charge on any atom is 0.182 e. The largest absolute Gasteiger partial charge is 0.223 e. The fourth-order valence-corrected chi connectivity index (χ4v) is 3.59. The van der Waals surface area contributed by atoms with Crippen molar-refractivity contribution < 1.29 is 12.8 Å². The third-order valence-corrected chi connectivity index (χ3v) is 4.77. The van der Waals surface area contributed by atoms with E-state index in [9.17, 15) is 12.8 Å². The minimum absolute atomic E-state index is 0.0233. The topological polar surface area (TPSA) is 34.1 Å². The van der Waals surface area contributed by atoms with Crippen LogP contribution in [0.25, 0.3) is 0 Å². The number of rotatable bonds is 3. The Morgan fingerprint density at radius 2 is 1.58 bits per heavy atom. The summed E-state index contributed by atoms with van der Waals surface area (Å²) >= 11 is 0. The van der Waals surface area contributed by atoms with Crippen LogP contribution in [0, 0.1) is 19.7 Å². The lowest BCUT2D eigenvalue weighted by Gasteiger charge is -2.10. The van der Waals surface area contributed by atoms with Crippen LogP contribution in [0.1, 0.15) is 16.7 Å². The Labute approximate surface area is 112 Å². The van der Waals surface area contributed by atoms with E-state index in [4.69, 9.17) is 0 Å². The van der Waals surface area contributed by atoms with Crippen molar-refractivity contribution in [3.05, 3.63) is 65.0 Å². The molecule has 0 fully saturated rings. The third kappa shape index (κ3) is 3.01. The van der Waals surface area contributed by atoms with E-state index >= 15 is 0 Å². The molecule has 0 N–H and O–H groups in total. The number of hydrogen-bond acceptors (Lipinski definition) is 2. The molecule has 100 valence electrons. The van der Waals surface area contributed by atoms with E-state index in [1.807, 2.05) is 32.0 Å². The van der Waals surface area contributed by atoms with E-state index in [1.54, 1.807) is 0 Å². The first-order valence-corrected chi connectivity index (χ1v) is 7.59. The van der Waals surface area contributed by atoms with Crippen LogP contribution >= 0.6 is 0 Å². The maximum absolute atomic E-state index is 13.1. The van der Waals surface area contributed by atoms with Crippen LogP contribution in [0.3, 0.4) is 0 Å². The average Bonchev–Trinajstić information content (AvgIpc) is 2.34. The average molecular weight is 278 g/mol. The molecule has 19 heavy (non-hydrogen) atoms. The Hall–Kier alpha value is -1.68. The quantitative estimate of drug-likeness (QED) is 0.862. The van der Waals surface area contributed by atoms with E-state index in [0.29, 0.717) is 0 Å². The van der Waals surface area contributed by atoms with Crippen LogP contribution in [0.2, 0.25) is 0 Å². The van der Waals surface area contributed by atoms with Crippen molar-refractivity contribution in [3.63, 3.8) is 0 Å². The first-order valence-electron chi connectivity index (χ1n) is 5.93. The predicted molar refractivity (Wildman–Crippen MR) is 73.2 cm³/mol. The Balaban J connectivity index is 2.42. The maximum atomic E-state index is 13.1. The fraction of sp³-hybridized carbons (Fsp3) is 0.200. The van der Waals surface area contributed by atoms with Gasteiger partial charge in [-0.05, 0) is 48.7 Å². The highest BCUT2D eigenvalue weighted by molar-refractivity contribution is 7.90. The summed E-state index contributed by atoms with van der Waals surface area (Å²) in [7, 11) is -3.52. The highest BCUT2D eigenvalue weighted by atomic mass is 32.2. The van der Waals surface area contributed by atoms with E-state index in [0.717, 1.165) is 22.8 Å². The van der Waals surface area contributed by atoms with Gasteiger partial charge in [-0.3, -0.25) is 0 Å². The molecule has 0 unspecified atom stereocenters.